The molecule has 0 saturated carbocycles. The van der Waals surface area contributed by atoms with Gasteiger partial charge in [-0.3, -0.25) is 0 Å². The molecule has 1 rings (SSSR count). The maximum Gasteiger partial charge on any atom is 0.338 e. The van der Waals surface area contributed by atoms with Gasteiger partial charge >= 0.3 is 5.97 Å². The standard InChI is InChI=1S/C20H29IO2Si/c1-6-8-9-16(7-2)15-23-20(22)18-12-17(13-19(21)14-18)10-11-24(3,4)5/h12-14,16H,6-9,15H2,1-5H3. The van der Waals surface area contributed by atoms with Crippen LogP contribution in [0.15, 0.2) is 18.2 Å². The van der Waals surface area contributed by atoms with Crippen LogP contribution in [0, 0.1) is 21.0 Å². The van der Waals surface area contributed by atoms with Crippen LogP contribution in [0.4, 0.5) is 0 Å². The van der Waals surface area contributed by atoms with Gasteiger partial charge in [0.05, 0.1) is 12.2 Å². The van der Waals surface area contributed by atoms with E-state index in [4.69, 9.17) is 4.74 Å². The second-order valence-corrected chi connectivity index (χ2v) is 13.2. The van der Waals surface area contributed by atoms with Gasteiger partial charge in [0.25, 0.3) is 0 Å². The number of hydrogen-bond acceptors (Lipinski definition) is 2. The molecule has 1 aromatic carbocycles. The van der Waals surface area contributed by atoms with Gasteiger partial charge < -0.3 is 4.74 Å². The quantitative estimate of drug-likeness (QED) is 0.221. The summed E-state index contributed by atoms with van der Waals surface area (Å²) in [7, 11) is -1.43. The van der Waals surface area contributed by atoms with Gasteiger partial charge in [0.1, 0.15) is 8.07 Å². The van der Waals surface area contributed by atoms with E-state index < -0.39 is 8.07 Å². The highest BCUT2D eigenvalue weighted by atomic mass is 127. The van der Waals surface area contributed by atoms with Crippen molar-refractivity contribution in [3.8, 4) is 11.5 Å². The van der Waals surface area contributed by atoms with E-state index in [-0.39, 0.29) is 5.97 Å². The van der Waals surface area contributed by atoms with Crippen molar-refractivity contribution in [2.24, 2.45) is 5.92 Å². The predicted molar refractivity (Wildman–Crippen MR) is 113 cm³/mol. The lowest BCUT2D eigenvalue weighted by Crippen LogP contribution is -2.16. The molecule has 0 spiro atoms. The molecule has 0 bridgehead atoms. The topological polar surface area (TPSA) is 26.3 Å². The van der Waals surface area contributed by atoms with E-state index in [9.17, 15) is 4.79 Å². The molecule has 0 radical (unpaired) electrons. The van der Waals surface area contributed by atoms with Gasteiger partial charge in [-0.2, -0.15) is 0 Å². The first kappa shape index (κ1) is 21.2. The highest BCUT2D eigenvalue weighted by molar-refractivity contribution is 14.1. The molecule has 0 aliphatic heterocycles. The minimum absolute atomic E-state index is 0.237. The number of esters is 1. The summed E-state index contributed by atoms with van der Waals surface area (Å²) in [5, 5.41) is 0. The number of benzene rings is 1. The van der Waals surface area contributed by atoms with Gasteiger partial charge in [0.2, 0.25) is 0 Å². The first-order valence-electron chi connectivity index (χ1n) is 8.76. The Morgan fingerprint density at radius 3 is 2.54 bits per heavy atom. The van der Waals surface area contributed by atoms with E-state index in [1.165, 1.54) is 12.8 Å². The van der Waals surface area contributed by atoms with E-state index in [2.05, 4.69) is 67.5 Å². The van der Waals surface area contributed by atoms with E-state index in [0.29, 0.717) is 18.1 Å². The summed E-state index contributed by atoms with van der Waals surface area (Å²) in [5.41, 5.74) is 4.85. The Morgan fingerprint density at radius 2 is 1.96 bits per heavy atom. The third kappa shape index (κ3) is 8.34. The number of ether oxygens (including phenoxy) is 1. The van der Waals surface area contributed by atoms with Gasteiger partial charge in [-0.25, -0.2) is 4.79 Å². The molecule has 0 aliphatic rings. The minimum atomic E-state index is -1.43. The Morgan fingerprint density at radius 1 is 1.25 bits per heavy atom. The van der Waals surface area contributed by atoms with Crippen molar-refractivity contribution in [2.45, 2.75) is 59.2 Å². The summed E-state index contributed by atoms with van der Waals surface area (Å²) in [6.45, 7) is 11.5. The zero-order chi connectivity index (χ0) is 18.2. The highest BCUT2D eigenvalue weighted by Crippen LogP contribution is 2.16. The summed E-state index contributed by atoms with van der Waals surface area (Å²) in [4.78, 5) is 12.4. The van der Waals surface area contributed by atoms with Crippen LogP contribution in [-0.2, 0) is 4.74 Å². The molecule has 0 aliphatic carbocycles. The van der Waals surface area contributed by atoms with Gasteiger partial charge in [-0.1, -0.05) is 58.7 Å². The molecule has 1 atom stereocenters. The van der Waals surface area contributed by atoms with E-state index >= 15 is 0 Å². The molecule has 0 saturated heterocycles. The van der Waals surface area contributed by atoms with Gasteiger partial charge in [-0.05, 0) is 53.1 Å². The van der Waals surface area contributed by atoms with Crippen LogP contribution in [0.25, 0.3) is 0 Å². The number of unbranched alkanes of at least 4 members (excludes halogenated alkanes) is 1. The molecule has 24 heavy (non-hydrogen) atoms. The van der Waals surface area contributed by atoms with Gasteiger partial charge in [-0.15, -0.1) is 5.54 Å². The SMILES string of the molecule is CCCCC(CC)COC(=O)c1cc(I)cc(C#C[Si](C)(C)C)c1. The summed E-state index contributed by atoms with van der Waals surface area (Å²) in [6, 6.07) is 5.74. The number of hydrogen-bond donors (Lipinski definition) is 0. The molecule has 1 aromatic rings. The zero-order valence-electron chi connectivity index (χ0n) is 15.5. The van der Waals surface area contributed by atoms with Crippen molar-refractivity contribution in [1.29, 1.82) is 0 Å². The second kappa shape index (κ2) is 10.2. The third-order valence-electron chi connectivity index (χ3n) is 3.71. The van der Waals surface area contributed by atoms with Crippen molar-refractivity contribution < 1.29 is 9.53 Å². The average molecular weight is 456 g/mol. The molecule has 0 heterocycles. The smallest absolute Gasteiger partial charge is 0.338 e. The molecule has 4 heteroatoms. The largest absolute Gasteiger partial charge is 0.462 e. The minimum Gasteiger partial charge on any atom is -0.462 e. The molecule has 0 aromatic heterocycles. The van der Waals surface area contributed by atoms with E-state index in [0.717, 1.165) is 22.0 Å². The normalized spacial score (nSPS) is 12.2. The predicted octanol–water partition coefficient (Wildman–Crippen LogP) is 5.89. The van der Waals surface area contributed by atoms with Crippen LogP contribution in [0.1, 0.15) is 55.5 Å². The average Bonchev–Trinajstić information content (AvgIpc) is 2.51. The maximum absolute atomic E-state index is 12.4. The molecule has 0 N–H and O–H groups in total. The van der Waals surface area contributed by atoms with Crippen molar-refractivity contribution >= 4 is 36.6 Å². The van der Waals surface area contributed by atoms with Crippen LogP contribution in [-0.4, -0.2) is 20.7 Å². The molecule has 2 nitrogen and oxygen atoms in total. The lowest BCUT2D eigenvalue weighted by atomic mass is 10.0. The van der Waals surface area contributed by atoms with E-state index in [1.54, 1.807) is 0 Å². The Hall–Kier alpha value is -0.803. The molecule has 132 valence electrons. The summed E-state index contributed by atoms with van der Waals surface area (Å²) in [6.07, 6.45) is 4.54. The lowest BCUT2D eigenvalue weighted by molar-refractivity contribution is 0.0428. The Kier molecular flexibility index (Phi) is 9.07. The monoisotopic (exact) mass is 456 g/mol. The summed E-state index contributed by atoms with van der Waals surface area (Å²) >= 11 is 2.23. The number of carbonyl (C=O) groups excluding carboxylic acids is 1. The fourth-order valence-corrected chi connectivity index (χ4v) is 3.40. The highest BCUT2D eigenvalue weighted by Gasteiger charge is 2.13. The third-order valence-corrected chi connectivity index (χ3v) is 5.21. The fourth-order valence-electron chi connectivity index (χ4n) is 2.21. The second-order valence-electron chi connectivity index (χ2n) is 7.24. The van der Waals surface area contributed by atoms with Gasteiger partial charge in [0, 0.05) is 9.13 Å². The molecule has 1 unspecified atom stereocenters. The first-order chi connectivity index (χ1) is 11.2. The molecule has 0 fully saturated rings. The van der Waals surface area contributed by atoms with E-state index in [1.807, 2.05) is 18.2 Å². The Bertz CT molecular complexity index is 608. The summed E-state index contributed by atoms with van der Waals surface area (Å²) in [5.74, 6) is 3.45. The fraction of sp³-hybridized carbons (Fsp3) is 0.550. The van der Waals surface area contributed by atoms with Crippen molar-refractivity contribution in [3.63, 3.8) is 0 Å². The molecular weight excluding hydrogens is 427 g/mol. The first-order valence-corrected chi connectivity index (χ1v) is 13.3. The van der Waals surface area contributed by atoms with Crippen molar-refractivity contribution in [3.05, 3.63) is 32.9 Å². The van der Waals surface area contributed by atoms with Crippen LogP contribution >= 0.6 is 22.6 Å². The Balaban J connectivity index is 2.79. The van der Waals surface area contributed by atoms with Gasteiger partial charge in [0.15, 0.2) is 0 Å². The summed E-state index contributed by atoms with van der Waals surface area (Å²) < 4.78 is 6.57. The van der Waals surface area contributed by atoms with Crippen LogP contribution in [0.5, 0.6) is 0 Å². The van der Waals surface area contributed by atoms with Crippen LogP contribution in [0.2, 0.25) is 19.6 Å². The zero-order valence-corrected chi connectivity index (χ0v) is 18.7. The lowest BCUT2D eigenvalue weighted by Gasteiger charge is -2.14. The maximum atomic E-state index is 12.4. The molecule has 0 amide bonds. The van der Waals surface area contributed by atoms with Crippen LogP contribution in [0.3, 0.4) is 0 Å². The van der Waals surface area contributed by atoms with Crippen molar-refractivity contribution in [2.75, 3.05) is 6.61 Å². The molecular formula is C20H29IO2Si. The number of rotatable bonds is 7. The van der Waals surface area contributed by atoms with Crippen molar-refractivity contribution in [1.82, 2.24) is 0 Å². The Labute approximate surface area is 161 Å². The number of halogens is 1. The van der Waals surface area contributed by atoms with Crippen LogP contribution < -0.4 is 0 Å². The number of carbonyl (C=O) groups is 1.